The van der Waals surface area contributed by atoms with Crippen molar-refractivity contribution in [3.8, 4) is 5.75 Å². The molecule has 0 bridgehead atoms. The van der Waals surface area contributed by atoms with Gasteiger partial charge in [0.15, 0.2) is 5.96 Å². The number of alkyl halides is 2. The van der Waals surface area contributed by atoms with Crippen LogP contribution in [0, 0.1) is 6.92 Å². The molecule has 148 valence electrons. The largest absolute Gasteiger partial charge is 0.466 e. The maximum atomic E-state index is 12.6. The van der Waals surface area contributed by atoms with Gasteiger partial charge in [-0.15, -0.1) is 0 Å². The standard InChI is InChI=1S/C19H25F2N3O3/c1-4-22-18(24-12-19(3,25)16-6-5-9-26-16)23-11-14-10-13(2)7-8-15(14)27-17(20)21/h5-10,17,25H,4,11-12H2,1-3H3,(H2,22,23,24). The summed E-state index contributed by atoms with van der Waals surface area (Å²) in [5.41, 5.74) is 0.235. The van der Waals surface area contributed by atoms with E-state index in [1.165, 1.54) is 12.3 Å². The number of aliphatic imine (C=N–C) groups is 1. The van der Waals surface area contributed by atoms with Crippen LogP contribution in [0.25, 0.3) is 0 Å². The second-order valence-corrected chi connectivity index (χ2v) is 6.29. The quantitative estimate of drug-likeness (QED) is 0.484. The van der Waals surface area contributed by atoms with Crippen molar-refractivity contribution in [3.05, 3.63) is 53.5 Å². The first-order chi connectivity index (χ1) is 12.8. The number of nitrogens with one attached hydrogen (secondary N) is 2. The molecule has 0 saturated heterocycles. The molecule has 1 heterocycles. The second kappa shape index (κ2) is 9.36. The van der Waals surface area contributed by atoms with E-state index in [4.69, 9.17) is 4.42 Å². The minimum Gasteiger partial charge on any atom is -0.466 e. The van der Waals surface area contributed by atoms with Crippen molar-refractivity contribution in [3.63, 3.8) is 0 Å². The molecule has 2 aromatic rings. The van der Waals surface area contributed by atoms with Crippen molar-refractivity contribution in [2.75, 3.05) is 13.1 Å². The summed E-state index contributed by atoms with van der Waals surface area (Å²) in [6, 6.07) is 8.35. The molecule has 8 heteroatoms. The van der Waals surface area contributed by atoms with Crippen LogP contribution in [0.2, 0.25) is 0 Å². The first-order valence-electron chi connectivity index (χ1n) is 8.64. The van der Waals surface area contributed by atoms with Crippen molar-refractivity contribution in [2.24, 2.45) is 4.99 Å². The van der Waals surface area contributed by atoms with Gasteiger partial charge in [0.25, 0.3) is 0 Å². The topological polar surface area (TPSA) is 79.0 Å². The van der Waals surface area contributed by atoms with Gasteiger partial charge in [0.1, 0.15) is 17.1 Å². The van der Waals surface area contributed by atoms with Crippen LogP contribution in [0.4, 0.5) is 8.78 Å². The van der Waals surface area contributed by atoms with Crippen LogP contribution in [0.15, 0.2) is 46.0 Å². The molecule has 0 fully saturated rings. The van der Waals surface area contributed by atoms with E-state index in [-0.39, 0.29) is 18.8 Å². The molecule has 0 aliphatic rings. The Hall–Kier alpha value is -2.61. The fourth-order valence-electron chi connectivity index (χ4n) is 2.48. The van der Waals surface area contributed by atoms with Gasteiger partial charge in [-0.25, -0.2) is 4.99 Å². The molecule has 27 heavy (non-hydrogen) atoms. The third-order valence-corrected chi connectivity index (χ3v) is 3.84. The number of hydrogen-bond acceptors (Lipinski definition) is 4. The highest BCUT2D eigenvalue weighted by molar-refractivity contribution is 5.79. The number of furan rings is 1. The van der Waals surface area contributed by atoms with E-state index < -0.39 is 12.2 Å². The summed E-state index contributed by atoms with van der Waals surface area (Å²) >= 11 is 0. The lowest BCUT2D eigenvalue weighted by Gasteiger charge is -2.22. The van der Waals surface area contributed by atoms with Crippen LogP contribution in [-0.4, -0.2) is 30.8 Å². The van der Waals surface area contributed by atoms with Crippen molar-refractivity contribution < 1.29 is 23.0 Å². The number of halogens is 2. The Morgan fingerprint density at radius 2 is 2.11 bits per heavy atom. The highest BCUT2D eigenvalue weighted by Crippen LogP contribution is 2.23. The van der Waals surface area contributed by atoms with Gasteiger partial charge in [-0.3, -0.25) is 0 Å². The third-order valence-electron chi connectivity index (χ3n) is 3.84. The lowest BCUT2D eigenvalue weighted by atomic mass is 10.0. The number of ether oxygens (including phenoxy) is 1. The summed E-state index contributed by atoms with van der Waals surface area (Å²) in [6.07, 6.45) is 1.49. The first kappa shape index (κ1) is 20.7. The Morgan fingerprint density at radius 1 is 1.33 bits per heavy atom. The van der Waals surface area contributed by atoms with E-state index in [0.717, 1.165) is 5.56 Å². The normalized spacial score (nSPS) is 14.1. The fraction of sp³-hybridized carbons (Fsp3) is 0.421. The average Bonchev–Trinajstić information content (AvgIpc) is 3.14. The lowest BCUT2D eigenvalue weighted by Crippen LogP contribution is -2.44. The van der Waals surface area contributed by atoms with Crippen molar-refractivity contribution in [2.45, 2.75) is 39.5 Å². The van der Waals surface area contributed by atoms with Crippen LogP contribution >= 0.6 is 0 Å². The summed E-state index contributed by atoms with van der Waals surface area (Å²) < 4.78 is 35.0. The van der Waals surface area contributed by atoms with Crippen LogP contribution in [0.1, 0.15) is 30.7 Å². The van der Waals surface area contributed by atoms with Gasteiger partial charge >= 0.3 is 6.61 Å². The van der Waals surface area contributed by atoms with Gasteiger partial charge in [-0.2, -0.15) is 8.78 Å². The van der Waals surface area contributed by atoms with E-state index in [9.17, 15) is 13.9 Å². The number of hydrogen-bond donors (Lipinski definition) is 3. The van der Waals surface area contributed by atoms with Crippen molar-refractivity contribution in [1.29, 1.82) is 0 Å². The average molecular weight is 381 g/mol. The monoisotopic (exact) mass is 381 g/mol. The molecule has 0 amide bonds. The number of aliphatic hydroxyl groups is 1. The number of benzene rings is 1. The Labute approximate surface area is 157 Å². The molecule has 2 rings (SSSR count). The van der Waals surface area contributed by atoms with E-state index >= 15 is 0 Å². The molecular weight excluding hydrogens is 356 g/mol. The molecule has 0 aliphatic heterocycles. The van der Waals surface area contributed by atoms with Gasteiger partial charge in [-0.05, 0) is 39.0 Å². The maximum Gasteiger partial charge on any atom is 0.387 e. The molecule has 1 aromatic carbocycles. The molecule has 1 unspecified atom stereocenters. The highest BCUT2D eigenvalue weighted by atomic mass is 19.3. The summed E-state index contributed by atoms with van der Waals surface area (Å²) in [7, 11) is 0. The Balaban J connectivity index is 2.10. The van der Waals surface area contributed by atoms with Crippen LogP contribution < -0.4 is 15.4 Å². The summed E-state index contributed by atoms with van der Waals surface area (Å²) in [5, 5.41) is 16.6. The first-order valence-corrected chi connectivity index (χ1v) is 8.64. The van der Waals surface area contributed by atoms with Gasteiger partial charge in [0, 0.05) is 12.1 Å². The van der Waals surface area contributed by atoms with Crippen molar-refractivity contribution in [1.82, 2.24) is 10.6 Å². The van der Waals surface area contributed by atoms with Gasteiger partial charge in [0.2, 0.25) is 0 Å². The second-order valence-electron chi connectivity index (χ2n) is 6.29. The zero-order valence-corrected chi connectivity index (χ0v) is 15.6. The number of aryl methyl sites for hydroxylation is 1. The van der Waals surface area contributed by atoms with Crippen LogP contribution in [-0.2, 0) is 12.1 Å². The molecular formula is C19H25F2N3O3. The van der Waals surface area contributed by atoms with E-state index in [1.807, 2.05) is 13.8 Å². The van der Waals surface area contributed by atoms with E-state index in [1.54, 1.807) is 31.2 Å². The predicted octanol–water partition coefficient (Wildman–Crippen LogP) is 3.15. The molecule has 3 N–H and O–H groups in total. The minimum absolute atomic E-state index is 0.0952. The number of rotatable bonds is 8. The summed E-state index contributed by atoms with van der Waals surface area (Å²) in [6.45, 7) is 3.39. The SMILES string of the molecule is CCNC(=NCc1cc(C)ccc1OC(F)F)NCC(C)(O)c1ccco1. The lowest BCUT2D eigenvalue weighted by molar-refractivity contribution is -0.0504. The summed E-state index contributed by atoms with van der Waals surface area (Å²) in [4.78, 5) is 4.40. The molecule has 0 radical (unpaired) electrons. The molecule has 0 aliphatic carbocycles. The summed E-state index contributed by atoms with van der Waals surface area (Å²) in [5.74, 6) is 0.962. The molecule has 1 atom stereocenters. The van der Waals surface area contributed by atoms with E-state index in [2.05, 4.69) is 20.4 Å². The van der Waals surface area contributed by atoms with Gasteiger partial charge in [0.05, 0.1) is 19.4 Å². The van der Waals surface area contributed by atoms with Crippen LogP contribution in [0.3, 0.4) is 0 Å². The highest BCUT2D eigenvalue weighted by Gasteiger charge is 2.26. The zero-order chi connectivity index (χ0) is 19.9. The Bertz CT molecular complexity index is 747. The smallest absolute Gasteiger partial charge is 0.387 e. The molecule has 0 saturated carbocycles. The van der Waals surface area contributed by atoms with Crippen molar-refractivity contribution >= 4 is 5.96 Å². The molecule has 0 spiro atoms. The minimum atomic E-state index is -2.90. The fourth-order valence-corrected chi connectivity index (χ4v) is 2.48. The van der Waals surface area contributed by atoms with Gasteiger partial charge < -0.3 is 24.9 Å². The maximum absolute atomic E-state index is 12.6. The Kier molecular flexibility index (Phi) is 7.18. The van der Waals surface area contributed by atoms with Crippen LogP contribution in [0.5, 0.6) is 5.75 Å². The van der Waals surface area contributed by atoms with E-state index in [0.29, 0.717) is 23.8 Å². The molecule has 1 aromatic heterocycles. The zero-order valence-electron chi connectivity index (χ0n) is 15.6. The third kappa shape index (κ3) is 6.25. The molecule has 6 nitrogen and oxygen atoms in total. The number of guanidine groups is 1. The predicted molar refractivity (Wildman–Crippen MR) is 98.9 cm³/mol. The number of nitrogens with zero attached hydrogens (tertiary/aromatic N) is 1. The van der Waals surface area contributed by atoms with Gasteiger partial charge in [-0.1, -0.05) is 17.7 Å². The Morgan fingerprint density at radius 3 is 2.74 bits per heavy atom.